The fourth-order valence-corrected chi connectivity index (χ4v) is 3.57. The summed E-state index contributed by atoms with van der Waals surface area (Å²) in [5, 5.41) is 9.89. The number of aliphatic hydroxyl groups excluding tert-OH is 1. The molecule has 0 unspecified atom stereocenters. The lowest BCUT2D eigenvalue weighted by molar-refractivity contribution is -0.144. The van der Waals surface area contributed by atoms with E-state index in [9.17, 15) is 9.90 Å². The van der Waals surface area contributed by atoms with E-state index in [1.54, 1.807) is 0 Å². The summed E-state index contributed by atoms with van der Waals surface area (Å²) >= 11 is 0. The zero-order valence-electron chi connectivity index (χ0n) is 14.2. The van der Waals surface area contributed by atoms with E-state index < -0.39 is 0 Å². The molecule has 2 aliphatic rings. The third kappa shape index (κ3) is 4.08. The molecule has 5 nitrogen and oxygen atoms in total. The maximum Gasteiger partial charge on any atom is 0.251 e. The first-order chi connectivity index (χ1) is 11.7. The van der Waals surface area contributed by atoms with Crippen molar-refractivity contribution >= 4 is 5.91 Å². The molecule has 0 bridgehead atoms. The summed E-state index contributed by atoms with van der Waals surface area (Å²) in [4.78, 5) is 14.3. The van der Waals surface area contributed by atoms with Gasteiger partial charge in [-0.05, 0) is 44.2 Å². The molecule has 0 radical (unpaired) electrons. The number of para-hydroxylation sites is 1. The third-order valence-electron chi connectivity index (χ3n) is 5.32. The predicted molar refractivity (Wildman–Crippen MR) is 90.9 cm³/mol. The van der Waals surface area contributed by atoms with Crippen LogP contribution >= 0.6 is 0 Å². The number of likely N-dealkylation sites (tertiary alicyclic amines) is 1. The number of carbonyl (C=O) groups is 1. The molecule has 132 valence electrons. The number of hydrogen-bond donors (Lipinski definition) is 1. The second-order valence-electron chi connectivity index (χ2n) is 6.90. The van der Waals surface area contributed by atoms with E-state index in [1.807, 2.05) is 35.2 Å². The number of ether oxygens (including phenoxy) is 2. The summed E-state index contributed by atoms with van der Waals surface area (Å²) in [5.41, 5.74) is -0.137. The Morgan fingerprint density at radius 2 is 2.04 bits per heavy atom. The molecule has 2 saturated heterocycles. The molecule has 0 saturated carbocycles. The van der Waals surface area contributed by atoms with Crippen molar-refractivity contribution in [2.75, 3.05) is 32.9 Å². The number of carbonyl (C=O) groups excluding carboxylic acids is 1. The van der Waals surface area contributed by atoms with Crippen molar-refractivity contribution < 1.29 is 19.4 Å². The summed E-state index contributed by atoms with van der Waals surface area (Å²) in [5.74, 6) is 0.983. The minimum Gasteiger partial charge on any atom is -0.494 e. The van der Waals surface area contributed by atoms with E-state index >= 15 is 0 Å². The summed E-state index contributed by atoms with van der Waals surface area (Å²) < 4.78 is 11.3. The number of benzene rings is 1. The van der Waals surface area contributed by atoms with Crippen LogP contribution in [0, 0.1) is 5.41 Å². The number of aliphatic hydroxyl groups is 1. The molecule has 5 heteroatoms. The van der Waals surface area contributed by atoms with Gasteiger partial charge >= 0.3 is 0 Å². The fraction of sp³-hybridized carbons (Fsp3) is 0.632. The van der Waals surface area contributed by atoms with E-state index in [4.69, 9.17) is 9.47 Å². The topological polar surface area (TPSA) is 59.0 Å². The minimum absolute atomic E-state index is 0.125. The van der Waals surface area contributed by atoms with Gasteiger partial charge < -0.3 is 19.5 Å². The van der Waals surface area contributed by atoms with Crippen LogP contribution in [0.15, 0.2) is 30.3 Å². The Balaban J connectivity index is 1.47. The van der Waals surface area contributed by atoms with Crippen LogP contribution in [0.5, 0.6) is 5.75 Å². The highest BCUT2D eigenvalue weighted by Gasteiger charge is 2.37. The first-order valence-corrected chi connectivity index (χ1v) is 8.92. The molecule has 0 spiro atoms. The Morgan fingerprint density at radius 3 is 2.67 bits per heavy atom. The first kappa shape index (κ1) is 17.2. The van der Waals surface area contributed by atoms with Crippen LogP contribution in [0.1, 0.15) is 32.1 Å². The van der Waals surface area contributed by atoms with Crippen molar-refractivity contribution in [3.63, 3.8) is 0 Å². The SMILES string of the molecule is O=C([C@@H]1CCCO1)N1CCC(CO)(CCOc2ccccc2)CC1. The average Bonchev–Trinajstić information content (AvgIpc) is 3.17. The molecule has 3 rings (SSSR count). The van der Waals surface area contributed by atoms with Gasteiger partial charge in [0, 0.05) is 31.7 Å². The number of hydrogen-bond acceptors (Lipinski definition) is 4. The summed E-state index contributed by atoms with van der Waals surface area (Å²) in [6.45, 7) is 2.83. The molecule has 1 amide bonds. The Labute approximate surface area is 143 Å². The van der Waals surface area contributed by atoms with Gasteiger partial charge in [0.2, 0.25) is 0 Å². The molecule has 0 aliphatic carbocycles. The minimum atomic E-state index is -0.243. The fourth-order valence-electron chi connectivity index (χ4n) is 3.57. The zero-order chi connectivity index (χ0) is 16.8. The summed E-state index contributed by atoms with van der Waals surface area (Å²) in [7, 11) is 0. The highest BCUT2D eigenvalue weighted by atomic mass is 16.5. The van der Waals surface area contributed by atoms with Gasteiger partial charge in [0.1, 0.15) is 11.9 Å². The van der Waals surface area contributed by atoms with Gasteiger partial charge in [-0.15, -0.1) is 0 Å². The second kappa shape index (κ2) is 7.99. The molecule has 2 heterocycles. The second-order valence-corrected chi connectivity index (χ2v) is 6.90. The Morgan fingerprint density at radius 1 is 1.29 bits per heavy atom. The van der Waals surface area contributed by atoms with Gasteiger partial charge in [-0.3, -0.25) is 4.79 Å². The van der Waals surface area contributed by atoms with Crippen LogP contribution in [0.3, 0.4) is 0 Å². The van der Waals surface area contributed by atoms with Crippen molar-refractivity contribution in [1.29, 1.82) is 0 Å². The lowest BCUT2D eigenvalue weighted by Crippen LogP contribution is -2.48. The van der Waals surface area contributed by atoms with E-state index in [0.717, 1.165) is 37.9 Å². The Bertz CT molecular complexity index is 519. The first-order valence-electron chi connectivity index (χ1n) is 8.92. The molecule has 2 aliphatic heterocycles. The van der Waals surface area contributed by atoms with Gasteiger partial charge in [-0.25, -0.2) is 0 Å². The number of nitrogens with zero attached hydrogens (tertiary/aromatic N) is 1. The number of rotatable bonds is 6. The normalized spacial score (nSPS) is 23.2. The number of amides is 1. The van der Waals surface area contributed by atoms with Gasteiger partial charge in [-0.1, -0.05) is 18.2 Å². The van der Waals surface area contributed by atoms with E-state index in [2.05, 4.69) is 0 Å². The van der Waals surface area contributed by atoms with Gasteiger partial charge in [0.25, 0.3) is 5.91 Å². The summed E-state index contributed by atoms with van der Waals surface area (Å²) in [6.07, 6.45) is 4.01. The van der Waals surface area contributed by atoms with Gasteiger partial charge in [0.15, 0.2) is 0 Å². The van der Waals surface area contributed by atoms with E-state index in [-0.39, 0.29) is 24.0 Å². The maximum atomic E-state index is 12.4. The lowest BCUT2D eigenvalue weighted by atomic mass is 9.76. The highest BCUT2D eigenvalue weighted by Crippen LogP contribution is 2.35. The monoisotopic (exact) mass is 333 g/mol. The van der Waals surface area contributed by atoms with Crippen molar-refractivity contribution in [1.82, 2.24) is 4.90 Å². The van der Waals surface area contributed by atoms with Gasteiger partial charge in [-0.2, -0.15) is 0 Å². The quantitative estimate of drug-likeness (QED) is 0.867. The van der Waals surface area contributed by atoms with Gasteiger partial charge in [0.05, 0.1) is 6.61 Å². The average molecular weight is 333 g/mol. The Hall–Kier alpha value is -1.59. The molecule has 24 heavy (non-hydrogen) atoms. The van der Waals surface area contributed by atoms with Crippen LogP contribution in [0.2, 0.25) is 0 Å². The van der Waals surface area contributed by atoms with Crippen molar-refractivity contribution in [3.8, 4) is 5.75 Å². The molecule has 2 fully saturated rings. The van der Waals surface area contributed by atoms with Crippen molar-refractivity contribution in [2.24, 2.45) is 5.41 Å². The molecule has 1 atom stereocenters. The van der Waals surface area contributed by atoms with E-state index in [1.165, 1.54) is 0 Å². The molecule has 1 aromatic rings. The molecular formula is C19H27NO4. The third-order valence-corrected chi connectivity index (χ3v) is 5.32. The molecular weight excluding hydrogens is 306 g/mol. The molecule has 1 N–H and O–H groups in total. The zero-order valence-corrected chi connectivity index (χ0v) is 14.2. The van der Waals surface area contributed by atoms with E-state index in [0.29, 0.717) is 26.3 Å². The molecule has 0 aromatic heterocycles. The van der Waals surface area contributed by atoms with Crippen LogP contribution in [-0.2, 0) is 9.53 Å². The van der Waals surface area contributed by atoms with Crippen LogP contribution in [0.25, 0.3) is 0 Å². The van der Waals surface area contributed by atoms with Crippen LogP contribution in [-0.4, -0.2) is 54.9 Å². The van der Waals surface area contributed by atoms with Crippen molar-refractivity contribution in [2.45, 2.75) is 38.2 Å². The largest absolute Gasteiger partial charge is 0.494 e. The summed E-state index contributed by atoms with van der Waals surface area (Å²) in [6, 6.07) is 9.74. The smallest absolute Gasteiger partial charge is 0.251 e. The predicted octanol–water partition coefficient (Wildman–Crippen LogP) is 2.24. The maximum absolute atomic E-state index is 12.4. The van der Waals surface area contributed by atoms with Crippen LogP contribution < -0.4 is 4.74 Å². The van der Waals surface area contributed by atoms with Crippen LogP contribution in [0.4, 0.5) is 0 Å². The number of piperidine rings is 1. The lowest BCUT2D eigenvalue weighted by Gasteiger charge is -2.41. The standard InChI is InChI=1S/C19H27NO4/c21-15-19(10-14-23-16-5-2-1-3-6-16)8-11-20(12-9-19)18(22)17-7-4-13-24-17/h1-3,5-6,17,21H,4,7-15H2/t17-/m0/s1. The highest BCUT2D eigenvalue weighted by molar-refractivity contribution is 5.81. The molecule has 1 aromatic carbocycles. The Kier molecular flexibility index (Phi) is 5.74. The van der Waals surface area contributed by atoms with Crippen molar-refractivity contribution in [3.05, 3.63) is 30.3 Å².